The summed E-state index contributed by atoms with van der Waals surface area (Å²) in [6.45, 7) is 1.32. The third-order valence-corrected chi connectivity index (χ3v) is 4.04. The lowest BCUT2D eigenvalue weighted by molar-refractivity contribution is -0.143. The Balaban J connectivity index is 1.77. The van der Waals surface area contributed by atoms with Gasteiger partial charge in [-0.2, -0.15) is 5.26 Å². The maximum absolute atomic E-state index is 13.3. The maximum Gasteiger partial charge on any atom is 0.306 e. The van der Waals surface area contributed by atoms with Crippen LogP contribution in [-0.2, 0) is 11.3 Å². The van der Waals surface area contributed by atoms with E-state index in [1.807, 2.05) is 6.07 Å². The van der Waals surface area contributed by atoms with E-state index in [2.05, 4.69) is 5.32 Å². The summed E-state index contributed by atoms with van der Waals surface area (Å²) in [6.07, 6.45) is 3.30. The Hall–Kier alpha value is -1.93. The monoisotopic (exact) mass is 290 g/mol. The molecule has 2 N–H and O–H groups in total. The van der Waals surface area contributed by atoms with Gasteiger partial charge in [0.1, 0.15) is 5.82 Å². The summed E-state index contributed by atoms with van der Waals surface area (Å²) >= 11 is 0. The normalized spacial score (nSPS) is 21.7. The predicted molar refractivity (Wildman–Crippen MR) is 75.9 cm³/mol. The molecule has 0 heterocycles. The highest BCUT2D eigenvalue weighted by Gasteiger charge is 2.25. The fourth-order valence-corrected chi connectivity index (χ4v) is 2.85. The summed E-state index contributed by atoms with van der Waals surface area (Å²) in [7, 11) is 0. The van der Waals surface area contributed by atoms with Crippen molar-refractivity contribution in [3.05, 3.63) is 35.1 Å². The Bertz CT molecular complexity index is 546. The van der Waals surface area contributed by atoms with Crippen molar-refractivity contribution in [2.75, 3.05) is 6.54 Å². The molecule has 1 aliphatic rings. The summed E-state index contributed by atoms with van der Waals surface area (Å²) in [5.74, 6) is -0.801. The lowest BCUT2D eigenvalue weighted by atomic mass is 9.82. The van der Waals surface area contributed by atoms with E-state index in [1.165, 1.54) is 12.1 Å². The van der Waals surface area contributed by atoms with Gasteiger partial charge in [-0.05, 0) is 61.9 Å². The van der Waals surface area contributed by atoms with E-state index in [0.717, 1.165) is 37.8 Å². The molecular formula is C16H19FN2O2. The highest BCUT2D eigenvalue weighted by molar-refractivity contribution is 5.69. The second-order valence-corrected chi connectivity index (χ2v) is 5.65. The minimum atomic E-state index is -0.690. The molecule has 0 atom stereocenters. The van der Waals surface area contributed by atoms with Gasteiger partial charge in [-0.1, -0.05) is 0 Å². The number of rotatable bonds is 5. The third kappa shape index (κ3) is 4.54. The second kappa shape index (κ2) is 7.19. The molecule has 1 aromatic carbocycles. The number of hydrogen-bond donors (Lipinski definition) is 2. The molecule has 1 aromatic rings. The lowest BCUT2D eigenvalue weighted by Crippen LogP contribution is -2.28. The summed E-state index contributed by atoms with van der Waals surface area (Å²) in [5.41, 5.74) is 1.08. The zero-order valence-electron chi connectivity index (χ0n) is 11.8. The predicted octanol–water partition coefficient (Wildman–Crippen LogP) is 2.68. The van der Waals surface area contributed by atoms with Crippen molar-refractivity contribution in [1.82, 2.24) is 5.32 Å². The molecule has 21 heavy (non-hydrogen) atoms. The average Bonchev–Trinajstić information content (AvgIpc) is 2.47. The molecule has 1 fully saturated rings. The van der Waals surface area contributed by atoms with E-state index in [4.69, 9.17) is 10.4 Å². The highest BCUT2D eigenvalue weighted by Crippen LogP contribution is 2.28. The van der Waals surface area contributed by atoms with E-state index in [9.17, 15) is 9.18 Å². The van der Waals surface area contributed by atoms with E-state index >= 15 is 0 Å². The van der Waals surface area contributed by atoms with Crippen molar-refractivity contribution in [2.45, 2.75) is 32.2 Å². The summed E-state index contributed by atoms with van der Waals surface area (Å²) in [6, 6.07) is 6.26. The van der Waals surface area contributed by atoms with Gasteiger partial charge in [0.15, 0.2) is 0 Å². The van der Waals surface area contributed by atoms with Crippen molar-refractivity contribution in [1.29, 1.82) is 5.26 Å². The largest absolute Gasteiger partial charge is 0.481 e. The van der Waals surface area contributed by atoms with Gasteiger partial charge in [0.25, 0.3) is 0 Å². The van der Waals surface area contributed by atoms with Crippen molar-refractivity contribution in [2.24, 2.45) is 11.8 Å². The Labute approximate surface area is 123 Å². The standard InChI is InChI=1S/C16H19FN2O2/c17-15-6-12(8-18)5-13(7-15)10-19-9-11-1-3-14(4-2-11)16(20)21/h5-7,11,14,19H,1-4,9-10H2,(H,20,21). The van der Waals surface area contributed by atoms with Crippen molar-refractivity contribution in [3.63, 3.8) is 0 Å². The van der Waals surface area contributed by atoms with E-state index in [-0.39, 0.29) is 5.92 Å². The molecule has 0 aliphatic heterocycles. The Morgan fingerprint density at radius 1 is 1.33 bits per heavy atom. The molecule has 0 saturated heterocycles. The van der Waals surface area contributed by atoms with Crippen molar-refractivity contribution < 1.29 is 14.3 Å². The van der Waals surface area contributed by atoms with Crippen molar-refractivity contribution in [3.8, 4) is 6.07 Å². The number of nitrogens with one attached hydrogen (secondary N) is 1. The van der Waals surface area contributed by atoms with Gasteiger partial charge in [0.2, 0.25) is 0 Å². The first-order valence-electron chi connectivity index (χ1n) is 7.21. The molecule has 112 valence electrons. The van der Waals surface area contributed by atoms with E-state index in [1.54, 1.807) is 6.07 Å². The minimum Gasteiger partial charge on any atom is -0.481 e. The quantitative estimate of drug-likeness (QED) is 0.874. The first-order chi connectivity index (χ1) is 10.1. The number of carboxylic acids is 1. The van der Waals surface area contributed by atoms with Crippen LogP contribution in [0.25, 0.3) is 0 Å². The van der Waals surface area contributed by atoms with E-state index < -0.39 is 11.8 Å². The van der Waals surface area contributed by atoms with Crippen LogP contribution in [0.3, 0.4) is 0 Å². The molecule has 0 radical (unpaired) electrons. The number of benzene rings is 1. The summed E-state index contributed by atoms with van der Waals surface area (Å²) < 4.78 is 13.3. The number of hydrogen-bond acceptors (Lipinski definition) is 3. The van der Waals surface area contributed by atoms with Crippen LogP contribution in [0.1, 0.15) is 36.8 Å². The fourth-order valence-electron chi connectivity index (χ4n) is 2.85. The summed E-state index contributed by atoms with van der Waals surface area (Å²) in [4.78, 5) is 10.9. The van der Waals surface area contributed by atoms with Gasteiger partial charge in [-0.25, -0.2) is 4.39 Å². The second-order valence-electron chi connectivity index (χ2n) is 5.65. The SMILES string of the molecule is N#Cc1cc(F)cc(CNCC2CCC(C(=O)O)CC2)c1. The van der Waals surface area contributed by atoms with E-state index in [0.29, 0.717) is 18.0 Å². The van der Waals surface area contributed by atoms with Crippen LogP contribution in [0.4, 0.5) is 4.39 Å². The van der Waals surface area contributed by atoms with Gasteiger partial charge in [-0.15, -0.1) is 0 Å². The van der Waals surface area contributed by atoms with Crippen LogP contribution < -0.4 is 5.32 Å². The van der Waals surface area contributed by atoms with Crippen LogP contribution in [0.5, 0.6) is 0 Å². The lowest BCUT2D eigenvalue weighted by Gasteiger charge is -2.26. The van der Waals surface area contributed by atoms with Crippen LogP contribution in [0, 0.1) is 29.0 Å². The minimum absolute atomic E-state index is 0.192. The maximum atomic E-state index is 13.3. The van der Waals surface area contributed by atoms with Crippen LogP contribution in [0.15, 0.2) is 18.2 Å². The van der Waals surface area contributed by atoms with Gasteiger partial charge < -0.3 is 10.4 Å². The molecule has 0 bridgehead atoms. The topological polar surface area (TPSA) is 73.1 Å². The fraction of sp³-hybridized carbons (Fsp3) is 0.500. The third-order valence-electron chi connectivity index (χ3n) is 4.04. The Morgan fingerprint density at radius 2 is 2.05 bits per heavy atom. The van der Waals surface area contributed by atoms with Crippen LogP contribution in [-0.4, -0.2) is 17.6 Å². The average molecular weight is 290 g/mol. The molecule has 2 rings (SSSR count). The van der Waals surface area contributed by atoms with Gasteiger partial charge >= 0.3 is 5.97 Å². The number of carboxylic acid groups (broad SMARTS) is 1. The van der Waals surface area contributed by atoms with Gasteiger partial charge in [-0.3, -0.25) is 4.79 Å². The molecule has 0 aromatic heterocycles. The first kappa shape index (κ1) is 15.5. The molecule has 0 unspecified atom stereocenters. The zero-order chi connectivity index (χ0) is 15.2. The number of nitrogens with zero attached hydrogens (tertiary/aromatic N) is 1. The Kier molecular flexibility index (Phi) is 5.29. The number of aliphatic carboxylic acids is 1. The molecule has 0 amide bonds. The van der Waals surface area contributed by atoms with Crippen LogP contribution in [0.2, 0.25) is 0 Å². The smallest absolute Gasteiger partial charge is 0.306 e. The number of carbonyl (C=O) groups is 1. The zero-order valence-corrected chi connectivity index (χ0v) is 11.8. The van der Waals surface area contributed by atoms with Gasteiger partial charge in [0, 0.05) is 6.54 Å². The molecule has 1 saturated carbocycles. The molecular weight excluding hydrogens is 271 g/mol. The van der Waals surface area contributed by atoms with Gasteiger partial charge in [0.05, 0.1) is 17.6 Å². The highest BCUT2D eigenvalue weighted by atomic mass is 19.1. The van der Waals surface area contributed by atoms with Crippen LogP contribution >= 0.6 is 0 Å². The molecule has 1 aliphatic carbocycles. The number of halogens is 1. The first-order valence-corrected chi connectivity index (χ1v) is 7.21. The summed E-state index contributed by atoms with van der Waals surface area (Å²) in [5, 5.41) is 21.0. The van der Waals surface area contributed by atoms with Crippen molar-refractivity contribution >= 4 is 5.97 Å². The Morgan fingerprint density at radius 3 is 2.67 bits per heavy atom. The number of nitriles is 1. The molecule has 0 spiro atoms. The molecule has 5 heteroatoms. The molecule has 4 nitrogen and oxygen atoms in total.